The van der Waals surface area contributed by atoms with Gasteiger partial charge in [-0.05, 0) is 19.4 Å². The topological polar surface area (TPSA) is 118 Å². The van der Waals surface area contributed by atoms with Crippen molar-refractivity contribution in [3.05, 3.63) is 35.9 Å². The fourth-order valence-corrected chi connectivity index (χ4v) is 6.44. The Labute approximate surface area is 196 Å². The Morgan fingerprint density at radius 1 is 1.21 bits per heavy atom. The van der Waals surface area contributed by atoms with E-state index in [2.05, 4.69) is 0 Å². The van der Waals surface area contributed by atoms with Gasteiger partial charge in [0.2, 0.25) is 0 Å². The van der Waals surface area contributed by atoms with E-state index in [1.54, 1.807) is 13.8 Å². The molecular weight excluding hydrogens is 474 g/mol. The third-order valence-electron chi connectivity index (χ3n) is 5.64. The van der Waals surface area contributed by atoms with Crippen molar-refractivity contribution in [2.75, 3.05) is 19.1 Å². The van der Waals surface area contributed by atoms with E-state index >= 15 is 0 Å². The third-order valence-corrected chi connectivity index (χ3v) is 7.54. The number of ether oxygens (including phenoxy) is 4. The number of fused-ring (bicyclic) bond motifs is 2. The van der Waals surface area contributed by atoms with Crippen LogP contribution in [0.4, 0.5) is 0 Å². The molecule has 12 heteroatoms. The zero-order chi connectivity index (χ0) is 24.0. The molecule has 10 nitrogen and oxygen atoms in total. The first kappa shape index (κ1) is 24.4. The lowest BCUT2D eigenvalue weighted by molar-refractivity contribution is -0.178. The minimum absolute atomic E-state index is 0.220. The van der Waals surface area contributed by atoms with Gasteiger partial charge in [-0.1, -0.05) is 30.3 Å². The first-order valence-corrected chi connectivity index (χ1v) is 13.3. The van der Waals surface area contributed by atoms with Crippen LogP contribution in [0.3, 0.4) is 0 Å². The molecule has 0 aromatic heterocycles. The average molecular weight is 502 g/mol. The average Bonchev–Trinajstić information content (AvgIpc) is 3.30. The molecule has 0 spiro atoms. The highest BCUT2D eigenvalue weighted by Crippen LogP contribution is 2.44. The molecule has 6 atom stereocenters. The van der Waals surface area contributed by atoms with Crippen molar-refractivity contribution in [1.82, 2.24) is 4.90 Å². The van der Waals surface area contributed by atoms with Gasteiger partial charge in [0.1, 0.15) is 29.7 Å². The number of rotatable bonds is 6. The van der Waals surface area contributed by atoms with Crippen LogP contribution < -0.4 is 0 Å². The fourth-order valence-electron chi connectivity index (χ4n) is 4.36. The van der Waals surface area contributed by atoms with E-state index < -0.39 is 63.6 Å². The first-order valence-electron chi connectivity index (χ1n) is 10.4. The lowest BCUT2D eigenvalue weighted by Crippen LogP contribution is -2.53. The number of amides is 1. The molecule has 3 heterocycles. The molecule has 182 valence electrons. The van der Waals surface area contributed by atoms with Crippen LogP contribution >= 0.6 is 11.8 Å². The number of thioether (sulfide) groups is 1. The Morgan fingerprint density at radius 2 is 1.88 bits per heavy atom. The zero-order valence-electron chi connectivity index (χ0n) is 18.7. The zero-order valence-corrected chi connectivity index (χ0v) is 20.3. The van der Waals surface area contributed by atoms with Gasteiger partial charge in [-0.15, -0.1) is 11.8 Å². The molecule has 0 N–H and O–H groups in total. The summed E-state index contributed by atoms with van der Waals surface area (Å²) < 4.78 is 52.6. The van der Waals surface area contributed by atoms with E-state index in [4.69, 9.17) is 23.1 Å². The van der Waals surface area contributed by atoms with Crippen molar-refractivity contribution in [3.8, 4) is 0 Å². The van der Waals surface area contributed by atoms with E-state index in [-0.39, 0.29) is 12.4 Å². The van der Waals surface area contributed by atoms with Crippen LogP contribution in [0, 0.1) is 0 Å². The van der Waals surface area contributed by atoms with E-state index in [0.29, 0.717) is 0 Å². The third kappa shape index (κ3) is 5.05. The molecule has 0 unspecified atom stereocenters. The van der Waals surface area contributed by atoms with Gasteiger partial charge in [0.05, 0.1) is 20.0 Å². The maximum Gasteiger partial charge on any atom is 0.329 e. The molecule has 3 aliphatic heterocycles. The molecule has 1 aromatic carbocycles. The SMILES string of the molecule is COC(=O)[C@@H]1CS[C@H]2[C@@H](OCc3ccccc3)[C@H]3OC(C)(C)O[C@@H]3[C@H](OS(C)(=O)=O)C(=O)N12. The van der Waals surface area contributed by atoms with Crippen LogP contribution in [0.25, 0.3) is 0 Å². The summed E-state index contributed by atoms with van der Waals surface area (Å²) in [6.45, 7) is 3.57. The number of hydrogen-bond acceptors (Lipinski definition) is 10. The summed E-state index contributed by atoms with van der Waals surface area (Å²) in [5, 5.41) is -0.636. The molecule has 0 saturated carbocycles. The van der Waals surface area contributed by atoms with Crippen molar-refractivity contribution in [3.63, 3.8) is 0 Å². The quantitative estimate of drug-likeness (QED) is 0.411. The molecule has 33 heavy (non-hydrogen) atoms. The van der Waals surface area contributed by atoms with Crippen LogP contribution in [-0.4, -0.2) is 85.9 Å². The Bertz CT molecular complexity index is 1000. The van der Waals surface area contributed by atoms with E-state index in [0.717, 1.165) is 11.8 Å². The molecule has 4 rings (SSSR count). The second-order valence-electron chi connectivity index (χ2n) is 8.56. The summed E-state index contributed by atoms with van der Waals surface area (Å²) in [6, 6.07) is 8.55. The molecule has 3 fully saturated rings. The van der Waals surface area contributed by atoms with Crippen LogP contribution in [0.5, 0.6) is 0 Å². The molecule has 0 bridgehead atoms. The standard InChI is InChI=1S/C21H27NO9S2/c1-21(2)29-14-15(30-21)17(28-10-12-8-6-5-7-9-12)19-22(13(11-32-19)20(24)27-3)18(23)16(14)31-33(4,25)26/h5-9,13-17,19H,10-11H2,1-4H3/t13-,14-,15-,16-,17-,19-/m0/s1. The largest absolute Gasteiger partial charge is 0.467 e. The summed E-state index contributed by atoms with van der Waals surface area (Å²) >= 11 is 1.35. The summed E-state index contributed by atoms with van der Waals surface area (Å²) in [5.41, 5.74) is 0.908. The van der Waals surface area contributed by atoms with Gasteiger partial charge in [-0.2, -0.15) is 8.42 Å². The maximum absolute atomic E-state index is 13.6. The molecule has 0 radical (unpaired) electrons. The molecule has 3 aliphatic rings. The monoisotopic (exact) mass is 501 g/mol. The Kier molecular flexibility index (Phi) is 6.78. The molecule has 1 amide bonds. The second-order valence-corrected chi connectivity index (χ2v) is 11.3. The summed E-state index contributed by atoms with van der Waals surface area (Å²) in [6.07, 6.45) is -3.29. The van der Waals surface area contributed by atoms with Crippen LogP contribution in [0.1, 0.15) is 19.4 Å². The number of methoxy groups -OCH3 is 1. The molecule has 0 aliphatic carbocycles. The van der Waals surface area contributed by atoms with Gasteiger partial charge in [0.15, 0.2) is 11.9 Å². The Morgan fingerprint density at radius 3 is 2.52 bits per heavy atom. The normalized spacial score (nSPS) is 33.3. The number of benzene rings is 1. The van der Waals surface area contributed by atoms with Gasteiger partial charge in [-0.3, -0.25) is 8.98 Å². The van der Waals surface area contributed by atoms with Gasteiger partial charge in [-0.25, -0.2) is 4.79 Å². The van der Waals surface area contributed by atoms with Crippen LogP contribution in [0.2, 0.25) is 0 Å². The fraction of sp³-hybridized carbons (Fsp3) is 0.619. The number of esters is 1. The van der Waals surface area contributed by atoms with Gasteiger partial charge in [0.25, 0.3) is 16.0 Å². The summed E-state index contributed by atoms with van der Waals surface area (Å²) in [5.74, 6) is -2.13. The van der Waals surface area contributed by atoms with Crippen LogP contribution in [0.15, 0.2) is 30.3 Å². The van der Waals surface area contributed by atoms with E-state index in [9.17, 15) is 18.0 Å². The maximum atomic E-state index is 13.6. The Hall–Kier alpha value is -1.70. The number of hydrogen-bond donors (Lipinski definition) is 0. The number of nitrogens with zero attached hydrogens (tertiary/aromatic N) is 1. The highest BCUT2D eigenvalue weighted by atomic mass is 32.2. The predicted molar refractivity (Wildman–Crippen MR) is 117 cm³/mol. The Balaban J connectivity index is 1.74. The van der Waals surface area contributed by atoms with Gasteiger partial charge >= 0.3 is 5.97 Å². The molecule has 3 saturated heterocycles. The number of carbonyl (C=O) groups is 2. The van der Waals surface area contributed by atoms with Crippen molar-refractivity contribution in [2.45, 2.75) is 62.1 Å². The van der Waals surface area contributed by atoms with E-state index in [1.165, 1.54) is 23.8 Å². The van der Waals surface area contributed by atoms with Crippen molar-refractivity contribution < 1.29 is 41.1 Å². The highest BCUT2D eigenvalue weighted by molar-refractivity contribution is 8.00. The highest BCUT2D eigenvalue weighted by Gasteiger charge is 2.62. The molecule has 1 aromatic rings. The van der Waals surface area contributed by atoms with E-state index in [1.807, 2.05) is 30.3 Å². The van der Waals surface area contributed by atoms with Gasteiger partial charge in [0, 0.05) is 5.75 Å². The number of carbonyl (C=O) groups excluding carboxylic acids is 2. The van der Waals surface area contributed by atoms with Crippen molar-refractivity contribution in [2.24, 2.45) is 0 Å². The predicted octanol–water partition coefficient (Wildman–Crippen LogP) is 0.893. The smallest absolute Gasteiger partial charge is 0.329 e. The van der Waals surface area contributed by atoms with Crippen LogP contribution in [-0.2, 0) is 49.4 Å². The lowest BCUT2D eigenvalue weighted by Gasteiger charge is -2.33. The van der Waals surface area contributed by atoms with Crippen molar-refractivity contribution >= 4 is 33.8 Å². The minimum atomic E-state index is -4.04. The summed E-state index contributed by atoms with van der Waals surface area (Å²) in [7, 11) is -2.80. The minimum Gasteiger partial charge on any atom is -0.467 e. The molecular formula is C21H27NO9S2. The van der Waals surface area contributed by atoms with Crippen molar-refractivity contribution in [1.29, 1.82) is 0 Å². The lowest BCUT2D eigenvalue weighted by atomic mass is 10.0. The second kappa shape index (κ2) is 9.16. The first-order chi connectivity index (χ1) is 15.5. The summed E-state index contributed by atoms with van der Waals surface area (Å²) in [4.78, 5) is 27.4. The van der Waals surface area contributed by atoms with Gasteiger partial charge < -0.3 is 23.8 Å².